The summed E-state index contributed by atoms with van der Waals surface area (Å²) in [6, 6.07) is 5.93. The minimum Gasteiger partial charge on any atom is -0.485 e. The molecule has 0 saturated carbocycles. The second-order valence-corrected chi connectivity index (χ2v) is 6.02. The zero-order valence-corrected chi connectivity index (χ0v) is 13.5. The summed E-state index contributed by atoms with van der Waals surface area (Å²) in [6.45, 7) is 5.95. The van der Waals surface area contributed by atoms with Crippen LogP contribution in [0.25, 0.3) is 0 Å². The Morgan fingerprint density at radius 2 is 2.04 bits per heavy atom. The van der Waals surface area contributed by atoms with Crippen LogP contribution in [-0.2, 0) is 9.59 Å². The number of nitrogens with one attached hydrogen (secondary N) is 1. The number of nitriles is 1. The highest BCUT2D eigenvalue weighted by Crippen LogP contribution is 2.42. The summed E-state index contributed by atoms with van der Waals surface area (Å²) in [4.78, 5) is 23.4. The van der Waals surface area contributed by atoms with Crippen molar-refractivity contribution in [2.24, 2.45) is 0 Å². The minimum absolute atomic E-state index is 0.371. The van der Waals surface area contributed by atoms with Gasteiger partial charge in [-0.25, -0.2) is 5.01 Å². The Kier molecular flexibility index (Phi) is 4.30. The monoisotopic (exact) mass is 317 g/mol. The Hall–Kier alpha value is -2.59. The van der Waals surface area contributed by atoms with Crippen molar-refractivity contribution in [3.63, 3.8) is 0 Å². The first-order chi connectivity index (χ1) is 10.7. The first-order valence-corrected chi connectivity index (χ1v) is 7.15. The van der Waals surface area contributed by atoms with Crippen LogP contribution in [0.3, 0.4) is 0 Å². The van der Waals surface area contributed by atoms with E-state index in [1.165, 1.54) is 13.8 Å². The molecule has 2 amide bonds. The first-order valence-electron chi connectivity index (χ1n) is 7.15. The van der Waals surface area contributed by atoms with E-state index in [1.54, 1.807) is 32.0 Å². The average Bonchev–Trinajstić information content (AvgIpc) is 2.46. The summed E-state index contributed by atoms with van der Waals surface area (Å²) < 4.78 is 5.79. The molecule has 0 radical (unpaired) electrons. The summed E-state index contributed by atoms with van der Waals surface area (Å²) >= 11 is 0. The first kappa shape index (κ1) is 16.8. The zero-order chi connectivity index (χ0) is 17.4. The number of benzene rings is 1. The van der Waals surface area contributed by atoms with Crippen LogP contribution in [0.15, 0.2) is 18.2 Å². The van der Waals surface area contributed by atoms with Gasteiger partial charge in [-0.1, -0.05) is 0 Å². The molecule has 7 heteroatoms. The standard InChI is InChI=1S/C16H19N3O4/c1-9(20)18-19(10(2)21)14-12-7-11(8-17)5-6-13(12)23-16(3,4)15(14)22/h5-7,14-15,22H,1-4H3,(H,18,20)/t14-,15+/m0/s1. The zero-order valence-electron chi connectivity index (χ0n) is 13.5. The summed E-state index contributed by atoms with van der Waals surface area (Å²) in [5.41, 5.74) is 2.31. The van der Waals surface area contributed by atoms with E-state index in [4.69, 9.17) is 10.00 Å². The molecule has 2 atom stereocenters. The molecule has 7 nitrogen and oxygen atoms in total. The molecule has 0 bridgehead atoms. The molecule has 122 valence electrons. The molecule has 0 spiro atoms. The van der Waals surface area contributed by atoms with Crippen LogP contribution < -0.4 is 10.2 Å². The maximum absolute atomic E-state index is 12.0. The number of hydrogen-bond donors (Lipinski definition) is 2. The summed E-state index contributed by atoms with van der Waals surface area (Å²) in [6.07, 6.45) is -1.10. The van der Waals surface area contributed by atoms with Gasteiger partial charge in [-0.15, -0.1) is 0 Å². The molecule has 0 saturated heterocycles. The van der Waals surface area contributed by atoms with E-state index in [9.17, 15) is 14.7 Å². The van der Waals surface area contributed by atoms with Gasteiger partial charge in [0.15, 0.2) is 0 Å². The Morgan fingerprint density at radius 1 is 1.39 bits per heavy atom. The molecule has 1 aromatic carbocycles. The lowest BCUT2D eigenvalue weighted by molar-refractivity contribution is -0.154. The van der Waals surface area contributed by atoms with Gasteiger partial charge in [0.25, 0.3) is 0 Å². The van der Waals surface area contributed by atoms with Gasteiger partial charge >= 0.3 is 0 Å². The Bertz CT molecular complexity index is 693. The van der Waals surface area contributed by atoms with E-state index in [0.29, 0.717) is 16.9 Å². The minimum atomic E-state index is -1.10. The molecule has 2 N–H and O–H groups in total. The van der Waals surface area contributed by atoms with E-state index in [0.717, 1.165) is 5.01 Å². The van der Waals surface area contributed by atoms with Crippen molar-refractivity contribution in [1.29, 1.82) is 5.26 Å². The highest BCUT2D eigenvalue weighted by Gasteiger charge is 2.46. The maximum Gasteiger partial charge on any atom is 0.238 e. The van der Waals surface area contributed by atoms with Crippen molar-refractivity contribution < 1.29 is 19.4 Å². The molecule has 1 aromatic rings. The van der Waals surface area contributed by atoms with E-state index < -0.39 is 29.6 Å². The van der Waals surface area contributed by atoms with Gasteiger partial charge in [0, 0.05) is 19.4 Å². The largest absolute Gasteiger partial charge is 0.485 e. The number of aliphatic hydroxyl groups excluding tert-OH is 1. The lowest BCUT2D eigenvalue weighted by Gasteiger charge is -2.45. The number of aliphatic hydroxyl groups is 1. The van der Waals surface area contributed by atoms with E-state index in [2.05, 4.69) is 5.43 Å². The molecule has 0 aliphatic carbocycles. The third kappa shape index (κ3) is 3.12. The Morgan fingerprint density at radius 3 is 2.57 bits per heavy atom. The fourth-order valence-electron chi connectivity index (χ4n) is 2.63. The highest BCUT2D eigenvalue weighted by molar-refractivity contribution is 5.80. The normalized spacial score (nSPS) is 21.4. The van der Waals surface area contributed by atoms with Crippen molar-refractivity contribution in [2.75, 3.05) is 0 Å². The molecule has 0 aromatic heterocycles. The molecular formula is C16H19N3O4. The van der Waals surface area contributed by atoms with Crippen molar-refractivity contribution >= 4 is 11.8 Å². The number of hydrogen-bond acceptors (Lipinski definition) is 5. The predicted molar refractivity (Wildman–Crippen MR) is 80.9 cm³/mol. The van der Waals surface area contributed by atoms with Crippen molar-refractivity contribution in [2.45, 2.75) is 45.4 Å². The van der Waals surface area contributed by atoms with Crippen LogP contribution in [0.1, 0.15) is 44.9 Å². The smallest absolute Gasteiger partial charge is 0.238 e. The van der Waals surface area contributed by atoms with Crippen LogP contribution in [0.4, 0.5) is 0 Å². The Labute approximate surface area is 134 Å². The number of ether oxygens (including phenoxy) is 1. The second kappa shape index (κ2) is 5.89. The number of carbonyl (C=O) groups is 2. The van der Waals surface area contributed by atoms with Gasteiger partial charge in [-0.05, 0) is 32.0 Å². The third-order valence-electron chi connectivity index (χ3n) is 3.74. The topological polar surface area (TPSA) is 103 Å². The van der Waals surface area contributed by atoms with Gasteiger partial charge in [-0.2, -0.15) is 5.26 Å². The average molecular weight is 317 g/mol. The van der Waals surface area contributed by atoms with E-state index >= 15 is 0 Å². The number of amides is 2. The molecule has 1 heterocycles. The fourth-order valence-corrected chi connectivity index (χ4v) is 2.63. The quantitative estimate of drug-likeness (QED) is 0.753. The van der Waals surface area contributed by atoms with E-state index in [-0.39, 0.29) is 0 Å². The summed E-state index contributed by atoms with van der Waals surface area (Å²) in [7, 11) is 0. The van der Waals surface area contributed by atoms with Crippen LogP contribution in [0.2, 0.25) is 0 Å². The molecule has 1 aliphatic heterocycles. The predicted octanol–water partition coefficient (Wildman–Crippen LogP) is 1.03. The van der Waals surface area contributed by atoms with Gasteiger partial charge < -0.3 is 9.84 Å². The lowest BCUT2D eigenvalue weighted by atomic mass is 9.85. The van der Waals surface area contributed by atoms with Gasteiger partial charge in [0.05, 0.1) is 11.6 Å². The van der Waals surface area contributed by atoms with Crippen LogP contribution in [0, 0.1) is 11.3 Å². The molecule has 23 heavy (non-hydrogen) atoms. The lowest BCUT2D eigenvalue weighted by Crippen LogP contribution is -2.58. The van der Waals surface area contributed by atoms with Crippen LogP contribution >= 0.6 is 0 Å². The molecule has 2 rings (SSSR count). The molecule has 1 aliphatic rings. The van der Waals surface area contributed by atoms with Gasteiger partial charge in [-0.3, -0.25) is 15.0 Å². The number of nitrogens with zero attached hydrogens (tertiary/aromatic N) is 2. The third-order valence-corrected chi connectivity index (χ3v) is 3.74. The van der Waals surface area contributed by atoms with Crippen LogP contribution in [0.5, 0.6) is 5.75 Å². The van der Waals surface area contributed by atoms with E-state index in [1.807, 2.05) is 6.07 Å². The maximum atomic E-state index is 12.0. The molecular weight excluding hydrogens is 298 g/mol. The number of fused-ring (bicyclic) bond motifs is 1. The summed E-state index contributed by atoms with van der Waals surface area (Å²) in [5, 5.41) is 20.9. The highest BCUT2D eigenvalue weighted by atomic mass is 16.5. The van der Waals surface area contributed by atoms with Crippen LogP contribution in [-0.4, -0.2) is 33.6 Å². The number of rotatable bonds is 1. The molecule has 0 unspecified atom stereocenters. The molecule has 0 fully saturated rings. The second-order valence-electron chi connectivity index (χ2n) is 6.02. The van der Waals surface area contributed by atoms with Gasteiger partial charge in [0.1, 0.15) is 23.5 Å². The fraction of sp³-hybridized carbons (Fsp3) is 0.438. The van der Waals surface area contributed by atoms with Crippen molar-refractivity contribution in [3.05, 3.63) is 29.3 Å². The number of carbonyl (C=O) groups excluding carboxylic acids is 2. The Balaban J connectivity index is 2.61. The van der Waals surface area contributed by atoms with Crippen molar-refractivity contribution in [1.82, 2.24) is 10.4 Å². The van der Waals surface area contributed by atoms with Gasteiger partial charge in [0.2, 0.25) is 11.8 Å². The van der Waals surface area contributed by atoms with Crippen molar-refractivity contribution in [3.8, 4) is 11.8 Å². The number of hydrazine groups is 1. The SMILES string of the molecule is CC(=O)NN(C(C)=O)[C@H]1c2cc(C#N)ccc2OC(C)(C)[C@@H]1O. The summed E-state index contributed by atoms with van der Waals surface area (Å²) in [5.74, 6) is -0.411.